The molecule has 10 rings (SSSR count). The van der Waals surface area contributed by atoms with E-state index in [4.69, 9.17) is 41.2 Å². The molecule has 400 valence electrons. The first-order valence-corrected chi connectivity index (χ1v) is 23.5. The van der Waals surface area contributed by atoms with Gasteiger partial charge in [0.2, 0.25) is 0 Å². The van der Waals surface area contributed by atoms with Crippen LogP contribution in [0.25, 0.3) is 89.2 Å². The molecule has 0 saturated heterocycles. The SMILES string of the molecule is CC#N.O.O=S(=O)([O-])C(F)(F)F.O=S(=O)([O-])C(F)(F)F.Oc1cc(-c2ccc3ccccc3n2)nc(-c2ccc3ccccc3n2)c1.Oc1cc(-c2ccc3ccccc3n2)nc(-c2ccc3ccccc3n2)c1.[Ag+].[Ag+]. The number of pyridine rings is 6. The third-order valence-electron chi connectivity index (χ3n) is 9.63. The van der Waals surface area contributed by atoms with Gasteiger partial charge in [0.25, 0.3) is 0 Å². The number of para-hydroxylation sites is 4. The molecule has 4 aromatic carbocycles. The van der Waals surface area contributed by atoms with Gasteiger partial charge in [0.1, 0.15) is 11.5 Å². The molecule has 10 aromatic rings. The molecular weight excluding hydrogens is 1240 g/mol. The number of fused-ring (bicyclic) bond motifs is 4. The average Bonchev–Trinajstić information content (AvgIpc) is 3.35. The van der Waals surface area contributed by atoms with Crippen LogP contribution in [0.3, 0.4) is 0 Å². The van der Waals surface area contributed by atoms with Crippen LogP contribution in [-0.2, 0) is 65.0 Å². The van der Waals surface area contributed by atoms with Gasteiger partial charge in [0, 0.05) is 52.7 Å². The number of alkyl halides is 6. The predicted molar refractivity (Wildman–Crippen MR) is 261 cm³/mol. The van der Waals surface area contributed by atoms with Gasteiger partial charge in [-0.2, -0.15) is 31.6 Å². The summed E-state index contributed by atoms with van der Waals surface area (Å²) in [7, 11) is -12.2. The Morgan fingerprint density at radius 2 is 0.592 bits per heavy atom. The summed E-state index contributed by atoms with van der Waals surface area (Å²) in [5, 5.41) is 32.1. The first-order valence-electron chi connectivity index (χ1n) is 20.7. The van der Waals surface area contributed by atoms with Gasteiger partial charge in [0.15, 0.2) is 20.2 Å². The van der Waals surface area contributed by atoms with Crippen molar-refractivity contribution in [3.63, 3.8) is 0 Å². The summed E-state index contributed by atoms with van der Waals surface area (Å²) in [6.07, 6.45) is 0. The Hall–Kier alpha value is -7.25. The van der Waals surface area contributed by atoms with Gasteiger partial charge >= 0.3 is 55.8 Å². The van der Waals surface area contributed by atoms with Crippen molar-refractivity contribution < 1.29 is 113 Å². The maximum Gasteiger partial charge on any atom is 1.00 e. The minimum atomic E-state index is -6.09. The number of nitriles is 1. The molecule has 76 heavy (non-hydrogen) atoms. The fourth-order valence-corrected chi connectivity index (χ4v) is 6.39. The van der Waals surface area contributed by atoms with Crippen molar-refractivity contribution >= 4 is 63.8 Å². The molecule has 4 N–H and O–H groups in total. The monoisotopic (exact) mass is 1270 g/mol. The molecule has 0 saturated carbocycles. The van der Waals surface area contributed by atoms with Crippen LogP contribution in [0.4, 0.5) is 26.3 Å². The maximum atomic E-state index is 10.7. The molecule has 6 heterocycles. The van der Waals surface area contributed by atoms with Crippen LogP contribution in [0.2, 0.25) is 0 Å². The van der Waals surface area contributed by atoms with Crippen LogP contribution in [-0.4, -0.2) is 82.6 Å². The van der Waals surface area contributed by atoms with E-state index in [-0.39, 0.29) is 61.7 Å². The molecule has 0 fully saturated rings. The zero-order chi connectivity index (χ0) is 53.1. The minimum Gasteiger partial charge on any atom is -0.741 e. The Morgan fingerprint density at radius 3 is 0.776 bits per heavy atom. The number of nitrogens with zero attached hydrogens (tertiary/aromatic N) is 7. The van der Waals surface area contributed by atoms with Crippen LogP contribution in [0.1, 0.15) is 6.92 Å². The van der Waals surface area contributed by atoms with E-state index in [0.717, 1.165) is 43.6 Å². The van der Waals surface area contributed by atoms with E-state index in [1.54, 1.807) is 30.3 Å². The number of hydrogen-bond donors (Lipinski definition) is 2. The first kappa shape index (κ1) is 63.0. The van der Waals surface area contributed by atoms with Crippen molar-refractivity contribution in [2.75, 3.05) is 0 Å². The van der Waals surface area contributed by atoms with Crippen molar-refractivity contribution in [2.45, 2.75) is 17.9 Å². The predicted octanol–water partition coefficient (Wildman–Crippen LogP) is 10.2. The zero-order valence-corrected chi connectivity index (χ0v) is 42.9. The molecule has 26 heteroatoms. The summed E-state index contributed by atoms with van der Waals surface area (Å²) in [5.41, 5.74) is -2.39. The number of hydrogen-bond acceptors (Lipinski definition) is 15. The number of rotatable bonds is 4. The van der Waals surface area contributed by atoms with Crippen LogP contribution in [0.5, 0.6) is 11.5 Å². The van der Waals surface area contributed by atoms with Gasteiger partial charge in [-0.05, 0) is 48.5 Å². The van der Waals surface area contributed by atoms with E-state index >= 15 is 0 Å². The molecule has 0 amide bonds. The minimum absolute atomic E-state index is 0. The van der Waals surface area contributed by atoms with Gasteiger partial charge in [-0.1, -0.05) is 97.1 Å². The van der Waals surface area contributed by atoms with Crippen LogP contribution in [0.15, 0.2) is 170 Å². The van der Waals surface area contributed by atoms with Gasteiger partial charge < -0.3 is 24.8 Å². The fraction of sp³-hybridized carbons (Fsp3) is 0.0600. The molecule has 0 aliphatic carbocycles. The largest absolute Gasteiger partial charge is 1.00 e. The Balaban J connectivity index is 0.000000292. The smallest absolute Gasteiger partial charge is 0.741 e. The van der Waals surface area contributed by atoms with Crippen molar-refractivity contribution in [1.29, 1.82) is 5.26 Å². The average molecular weight is 1270 g/mol. The normalized spacial score (nSPS) is 10.9. The third kappa shape index (κ3) is 16.9. The van der Waals surface area contributed by atoms with Gasteiger partial charge in [-0.3, -0.25) is 0 Å². The molecular formula is C50H35Ag2F6N7O9S2. The van der Waals surface area contributed by atoms with Gasteiger partial charge in [-0.25, -0.2) is 46.7 Å². The van der Waals surface area contributed by atoms with E-state index in [1.165, 1.54) is 6.92 Å². The Labute approximate surface area is 459 Å². The Bertz CT molecular complexity index is 3460. The van der Waals surface area contributed by atoms with E-state index in [1.807, 2.05) is 146 Å². The van der Waals surface area contributed by atoms with E-state index in [0.29, 0.717) is 45.6 Å². The second kappa shape index (κ2) is 27.0. The second-order valence-electron chi connectivity index (χ2n) is 14.8. The second-order valence-corrected chi connectivity index (χ2v) is 17.5. The van der Waals surface area contributed by atoms with E-state index < -0.39 is 31.3 Å². The molecule has 0 radical (unpaired) electrons. The summed E-state index contributed by atoms with van der Waals surface area (Å²) in [4.78, 5) is 28.1. The van der Waals surface area contributed by atoms with Crippen molar-refractivity contribution in [3.05, 3.63) is 170 Å². The summed E-state index contributed by atoms with van der Waals surface area (Å²) in [6.45, 7) is 1.43. The molecule has 0 unspecified atom stereocenters. The first-order chi connectivity index (χ1) is 34.4. The number of aromatic hydroxyl groups is 2. The summed E-state index contributed by atoms with van der Waals surface area (Å²) >= 11 is 0. The standard InChI is InChI=1S/2C23H15N3O.C2H3N.2CHF3O3S.2Ag.H2O/c2*27-17-13-22(20-11-9-15-5-1-3-7-18(15)24-20)26-23(14-17)21-12-10-16-6-2-4-8-19(16)25-21;1-2-3;2*2-1(3,4)8(5,6)7;;;/h2*1-14H,(H,26,27);1H3;2*(H,5,6,7);;;1H2/q;;;;;2*+1;/p-2. The van der Waals surface area contributed by atoms with Gasteiger partial charge in [0.05, 0.1) is 73.7 Å². The molecule has 0 atom stereocenters. The molecule has 0 aliphatic rings. The maximum absolute atomic E-state index is 10.7. The summed E-state index contributed by atoms with van der Waals surface area (Å²) in [6, 6.07) is 55.7. The summed E-state index contributed by atoms with van der Waals surface area (Å²) < 4.78 is 118. The number of benzene rings is 4. The third-order valence-corrected chi connectivity index (χ3v) is 10.8. The number of aromatic nitrogens is 6. The Morgan fingerprint density at radius 1 is 0.408 bits per heavy atom. The van der Waals surface area contributed by atoms with E-state index in [2.05, 4.69) is 19.9 Å². The van der Waals surface area contributed by atoms with Crippen molar-refractivity contribution in [3.8, 4) is 63.1 Å². The quantitative estimate of drug-likeness (QED) is 0.0717. The Kier molecular flexibility index (Phi) is 22.4. The fourth-order valence-electron chi connectivity index (χ4n) is 6.39. The van der Waals surface area contributed by atoms with Crippen LogP contribution in [0, 0.1) is 11.3 Å². The van der Waals surface area contributed by atoms with Crippen LogP contribution >= 0.6 is 0 Å². The topological polar surface area (TPSA) is 287 Å². The van der Waals surface area contributed by atoms with E-state index in [9.17, 15) is 36.6 Å². The van der Waals surface area contributed by atoms with Crippen LogP contribution < -0.4 is 0 Å². The number of halogens is 6. The summed E-state index contributed by atoms with van der Waals surface area (Å²) in [5.74, 6) is 0.278. The molecule has 0 aliphatic heterocycles. The zero-order valence-electron chi connectivity index (χ0n) is 38.3. The van der Waals surface area contributed by atoms with Crippen molar-refractivity contribution in [2.24, 2.45) is 0 Å². The molecule has 0 bridgehead atoms. The molecule has 6 aromatic heterocycles. The van der Waals surface area contributed by atoms with Crippen molar-refractivity contribution in [1.82, 2.24) is 29.9 Å². The van der Waals surface area contributed by atoms with Gasteiger partial charge in [-0.15, -0.1) is 0 Å². The molecule has 0 spiro atoms. The molecule has 16 nitrogen and oxygen atoms in total.